The molecule has 0 aliphatic heterocycles. The van der Waals surface area contributed by atoms with E-state index in [1.54, 1.807) is 0 Å². The minimum atomic E-state index is 0.215. The molecule has 0 bridgehead atoms. The Bertz CT molecular complexity index is 176. The fourth-order valence-corrected chi connectivity index (χ4v) is 2.39. The van der Waals surface area contributed by atoms with Gasteiger partial charge >= 0.3 is 0 Å². The van der Waals surface area contributed by atoms with Crippen molar-refractivity contribution in [1.82, 2.24) is 0 Å². The third kappa shape index (κ3) is 15.9. The number of unbranched alkanes of at least 4 members (excludes halogenated alkanes) is 9. The van der Waals surface area contributed by atoms with Crippen molar-refractivity contribution >= 4 is 0 Å². The first-order valence-corrected chi connectivity index (χ1v) is 8.84. The molecule has 0 heterocycles. The van der Waals surface area contributed by atoms with Crippen molar-refractivity contribution in [3.05, 3.63) is 0 Å². The van der Waals surface area contributed by atoms with Gasteiger partial charge in [-0.3, -0.25) is 0 Å². The van der Waals surface area contributed by atoms with Crippen molar-refractivity contribution in [3.8, 4) is 0 Å². The maximum Gasteiger partial charge on any atom is 0.0480 e. The Labute approximate surface area is 126 Å². The lowest BCUT2D eigenvalue weighted by Gasteiger charge is -2.10. The van der Waals surface area contributed by atoms with Crippen LogP contribution in [0.15, 0.2) is 0 Å². The summed E-state index contributed by atoms with van der Waals surface area (Å²) in [6.07, 6.45) is 15.6. The molecule has 3 nitrogen and oxygen atoms in total. The quantitative estimate of drug-likeness (QED) is 0.422. The Hall–Kier alpha value is -0.120. The molecule has 4 N–H and O–H groups in total. The second-order valence-electron chi connectivity index (χ2n) is 5.92. The van der Waals surface area contributed by atoms with Gasteiger partial charge in [0.25, 0.3) is 0 Å². The van der Waals surface area contributed by atoms with E-state index in [9.17, 15) is 0 Å². The summed E-state index contributed by atoms with van der Waals surface area (Å²) in [6.45, 7) is 4.64. The zero-order chi connectivity index (χ0) is 14.9. The van der Waals surface area contributed by atoms with Crippen LogP contribution in [-0.4, -0.2) is 25.8 Å². The summed E-state index contributed by atoms with van der Waals surface area (Å²) in [4.78, 5) is 0. The first-order valence-electron chi connectivity index (χ1n) is 8.84. The van der Waals surface area contributed by atoms with E-state index < -0.39 is 0 Å². The highest BCUT2D eigenvalue weighted by Crippen LogP contribution is 2.10. The summed E-state index contributed by atoms with van der Waals surface area (Å²) in [6, 6.07) is 0.215. The van der Waals surface area contributed by atoms with Crippen LogP contribution in [0.3, 0.4) is 0 Å². The summed E-state index contributed by atoms with van der Waals surface area (Å²) < 4.78 is 5.60. The minimum absolute atomic E-state index is 0.215. The highest BCUT2D eigenvalue weighted by Gasteiger charge is 2.00. The Kier molecular flexibility index (Phi) is 16.8. The number of hydrogen-bond acceptors (Lipinski definition) is 3. The van der Waals surface area contributed by atoms with Gasteiger partial charge in [-0.25, -0.2) is 0 Å². The molecule has 0 aliphatic rings. The van der Waals surface area contributed by atoms with E-state index in [4.69, 9.17) is 16.2 Å². The summed E-state index contributed by atoms with van der Waals surface area (Å²) in [7, 11) is 0. The normalized spacial score (nSPS) is 12.8. The summed E-state index contributed by atoms with van der Waals surface area (Å²) in [5, 5.41) is 0. The summed E-state index contributed by atoms with van der Waals surface area (Å²) >= 11 is 0. The minimum Gasteiger partial charge on any atom is -0.381 e. The SMILES string of the molecule is CCCCCCCCCCCCOCCC(N)CCN. The molecular weight excluding hydrogens is 248 g/mol. The van der Waals surface area contributed by atoms with Crippen LogP contribution in [-0.2, 0) is 4.74 Å². The molecule has 1 atom stereocenters. The molecule has 0 saturated carbocycles. The van der Waals surface area contributed by atoms with Crippen molar-refractivity contribution in [3.63, 3.8) is 0 Å². The molecule has 20 heavy (non-hydrogen) atoms. The van der Waals surface area contributed by atoms with Crippen molar-refractivity contribution in [2.75, 3.05) is 19.8 Å². The number of rotatable bonds is 16. The Morgan fingerprint density at radius 3 is 1.85 bits per heavy atom. The lowest BCUT2D eigenvalue weighted by molar-refractivity contribution is 0.122. The highest BCUT2D eigenvalue weighted by molar-refractivity contribution is 4.60. The van der Waals surface area contributed by atoms with E-state index in [0.29, 0.717) is 6.54 Å². The molecule has 0 aromatic carbocycles. The van der Waals surface area contributed by atoms with Crippen molar-refractivity contribution in [1.29, 1.82) is 0 Å². The number of ether oxygens (including phenoxy) is 1. The molecule has 0 rings (SSSR count). The fraction of sp³-hybridized carbons (Fsp3) is 1.00. The van der Waals surface area contributed by atoms with Crippen LogP contribution in [0.25, 0.3) is 0 Å². The van der Waals surface area contributed by atoms with Gasteiger partial charge < -0.3 is 16.2 Å². The molecule has 1 unspecified atom stereocenters. The Morgan fingerprint density at radius 2 is 1.30 bits per heavy atom. The van der Waals surface area contributed by atoms with Gasteiger partial charge in [-0.15, -0.1) is 0 Å². The Morgan fingerprint density at radius 1 is 0.750 bits per heavy atom. The van der Waals surface area contributed by atoms with Gasteiger partial charge in [-0.05, 0) is 25.8 Å². The van der Waals surface area contributed by atoms with Gasteiger partial charge in [0.2, 0.25) is 0 Å². The molecule has 0 spiro atoms. The first-order chi connectivity index (χ1) is 9.81. The van der Waals surface area contributed by atoms with Gasteiger partial charge in [0.1, 0.15) is 0 Å². The molecule has 0 amide bonds. The van der Waals surface area contributed by atoms with Gasteiger partial charge in [0.05, 0.1) is 0 Å². The second-order valence-corrected chi connectivity index (χ2v) is 5.92. The highest BCUT2D eigenvalue weighted by atomic mass is 16.5. The number of hydrogen-bond donors (Lipinski definition) is 2. The standard InChI is InChI=1S/C17H38N2O/c1-2-3-4-5-6-7-8-9-10-11-15-20-16-13-17(19)12-14-18/h17H,2-16,18-19H2,1H3. The van der Waals surface area contributed by atoms with Crippen LogP contribution in [0.4, 0.5) is 0 Å². The lowest BCUT2D eigenvalue weighted by Crippen LogP contribution is -2.25. The van der Waals surface area contributed by atoms with Crippen LogP contribution in [0, 0.1) is 0 Å². The molecule has 0 fully saturated rings. The fourth-order valence-electron chi connectivity index (χ4n) is 2.39. The van der Waals surface area contributed by atoms with Gasteiger partial charge in [-0.1, -0.05) is 64.7 Å². The predicted octanol–water partition coefficient (Wildman–Crippen LogP) is 3.99. The van der Waals surface area contributed by atoms with Crippen LogP contribution in [0.1, 0.15) is 84.0 Å². The van der Waals surface area contributed by atoms with Gasteiger partial charge in [-0.2, -0.15) is 0 Å². The third-order valence-corrected chi connectivity index (χ3v) is 3.81. The van der Waals surface area contributed by atoms with Crippen LogP contribution in [0.5, 0.6) is 0 Å². The van der Waals surface area contributed by atoms with E-state index >= 15 is 0 Å². The average molecular weight is 287 g/mol. The monoisotopic (exact) mass is 286 g/mol. The second kappa shape index (κ2) is 16.9. The molecule has 0 aromatic heterocycles. The van der Waals surface area contributed by atoms with Crippen LogP contribution in [0.2, 0.25) is 0 Å². The average Bonchev–Trinajstić information content (AvgIpc) is 2.44. The molecule has 3 heteroatoms. The predicted molar refractivity (Wildman–Crippen MR) is 88.9 cm³/mol. The van der Waals surface area contributed by atoms with E-state index in [1.807, 2.05) is 0 Å². The zero-order valence-electron chi connectivity index (χ0n) is 13.7. The van der Waals surface area contributed by atoms with E-state index in [2.05, 4.69) is 6.92 Å². The number of nitrogens with two attached hydrogens (primary N) is 2. The largest absolute Gasteiger partial charge is 0.381 e. The third-order valence-electron chi connectivity index (χ3n) is 3.81. The molecule has 0 aliphatic carbocycles. The van der Waals surface area contributed by atoms with Gasteiger partial charge in [0.15, 0.2) is 0 Å². The molecule has 0 aromatic rings. The molecule has 0 radical (unpaired) electrons. The van der Waals surface area contributed by atoms with E-state index in [0.717, 1.165) is 26.1 Å². The maximum atomic E-state index is 5.86. The van der Waals surface area contributed by atoms with E-state index in [1.165, 1.54) is 64.2 Å². The zero-order valence-corrected chi connectivity index (χ0v) is 13.7. The lowest BCUT2D eigenvalue weighted by atomic mass is 10.1. The van der Waals surface area contributed by atoms with Crippen molar-refractivity contribution < 1.29 is 4.74 Å². The van der Waals surface area contributed by atoms with Crippen LogP contribution >= 0.6 is 0 Å². The maximum absolute atomic E-state index is 5.86. The molecule has 122 valence electrons. The smallest absolute Gasteiger partial charge is 0.0480 e. The van der Waals surface area contributed by atoms with E-state index in [-0.39, 0.29) is 6.04 Å². The molecular formula is C17H38N2O. The Balaban J connectivity index is 2.99. The summed E-state index contributed by atoms with van der Waals surface area (Å²) in [5.74, 6) is 0. The first kappa shape index (κ1) is 19.9. The summed E-state index contributed by atoms with van der Waals surface area (Å²) in [5.41, 5.74) is 11.3. The van der Waals surface area contributed by atoms with Crippen molar-refractivity contribution in [2.45, 2.75) is 90.0 Å². The molecule has 0 saturated heterocycles. The van der Waals surface area contributed by atoms with Crippen molar-refractivity contribution in [2.24, 2.45) is 11.5 Å². The van der Waals surface area contributed by atoms with Gasteiger partial charge in [0, 0.05) is 19.3 Å². The topological polar surface area (TPSA) is 61.3 Å². The van der Waals surface area contributed by atoms with Crippen LogP contribution < -0.4 is 11.5 Å².